The van der Waals surface area contributed by atoms with E-state index in [4.69, 9.17) is 0 Å². The van der Waals surface area contributed by atoms with Gasteiger partial charge in [0.2, 0.25) is 5.91 Å². The number of carbonyl (C=O) groups excluding carboxylic acids is 1. The molecule has 0 radical (unpaired) electrons. The van der Waals surface area contributed by atoms with Gasteiger partial charge in [-0.3, -0.25) is 4.79 Å². The highest BCUT2D eigenvalue weighted by Crippen LogP contribution is 2.17. The molecule has 0 aliphatic carbocycles. The second-order valence-electron chi connectivity index (χ2n) is 6.11. The number of benzene rings is 1. The lowest BCUT2D eigenvalue weighted by atomic mass is 9.98. The van der Waals surface area contributed by atoms with Crippen molar-refractivity contribution in [1.82, 2.24) is 15.2 Å². The van der Waals surface area contributed by atoms with Gasteiger partial charge in [0.15, 0.2) is 0 Å². The fraction of sp³-hybridized carbons (Fsp3) is 0.368. The van der Waals surface area contributed by atoms with Gasteiger partial charge in [-0.05, 0) is 50.6 Å². The van der Waals surface area contributed by atoms with Crippen LogP contribution in [0.4, 0.5) is 0 Å². The maximum atomic E-state index is 12.4. The minimum Gasteiger partial charge on any atom is -0.339 e. The SMILES string of the molecule is CNCC1CCCN(C(=O)/C=C/c2ccc3ccccc3n2)C1.Cl. The molecule has 1 fully saturated rings. The fourth-order valence-corrected chi connectivity index (χ4v) is 3.16. The van der Waals surface area contributed by atoms with E-state index >= 15 is 0 Å². The molecular weight excluding hydrogens is 322 g/mol. The van der Waals surface area contributed by atoms with E-state index < -0.39 is 0 Å². The molecule has 1 aromatic carbocycles. The van der Waals surface area contributed by atoms with Crippen LogP contribution in [0.15, 0.2) is 42.5 Å². The smallest absolute Gasteiger partial charge is 0.246 e. The molecule has 3 rings (SSSR count). The summed E-state index contributed by atoms with van der Waals surface area (Å²) in [5.41, 5.74) is 1.77. The van der Waals surface area contributed by atoms with Crippen molar-refractivity contribution in [2.24, 2.45) is 5.92 Å². The van der Waals surface area contributed by atoms with E-state index in [9.17, 15) is 4.79 Å². The average molecular weight is 346 g/mol. The van der Waals surface area contributed by atoms with Gasteiger partial charge in [-0.25, -0.2) is 4.98 Å². The fourth-order valence-electron chi connectivity index (χ4n) is 3.16. The molecule has 1 unspecified atom stereocenters. The van der Waals surface area contributed by atoms with E-state index in [1.807, 2.05) is 54.4 Å². The maximum Gasteiger partial charge on any atom is 0.246 e. The first-order chi connectivity index (χ1) is 11.3. The highest BCUT2D eigenvalue weighted by atomic mass is 35.5. The lowest BCUT2D eigenvalue weighted by Crippen LogP contribution is -2.41. The van der Waals surface area contributed by atoms with Gasteiger partial charge in [0.05, 0.1) is 11.2 Å². The van der Waals surface area contributed by atoms with Crippen LogP contribution in [0.3, 0.4) is 0 Å². The van der Waals surface area contributed by atoms with Gasteiger partial charge in [0.1, 0.15) is 0 Å². The normalized spacial score (nSPS) is 17.9. The van der Waals surface area contributed by atoms with Gasteiger partial charge in [-0.15, -0.1) is 12.4 Å². The number of piperidine rings is 1. The standard InChI is InChI=1S/C19H23N3O.ClH/c1-20-13-15-5-4-12-22(14-15)19(23)11-10-17-9-8-16-6-2-3-7-18(16)21-17;/h2-3,6-11,15,20H,4-5,12-14H2,1H3;1H/b11-10+;. The van der Waals surface area contributed by atoms with Crippen LogP contribution in [-0.4, -0.2) is 42.5 Å². The molecular formula is C19H24ClN3O. The van der Waals surface area contributed by atoms with Gasteiger partial charge in [0, 0.05) is 24.6 Å². The molecule has 5 heteroatoms. The lowest BCUT2D eigenvalue weighted by Gasteiger charge is -2.32. The number of hydrogen-bond donors (Lipinski definition) is 1. The van der Waals surface area contributed by atoms with Gasteiger partial charge in [-0.1, -0.05) is 24.3 Å². The first-order valence-electron chi connectivity index (χ1n) is 8.23. The molecule has 1 N–H and O–H groups in total. The van der Waals surface area contributed by atoms with Crippen molar-refractivity contribution in [2.45, 2.75) is 12.8 Å². The third-order valence-electron chi connectivity index (χ3n) is 4.34. The quantitative estimate of drug-likeness (QED) is 0.866. The number of amides is 1. The van der Waals surface area contributed by atoms with E-state index in [1.54, 1.807) is 6.08 Å². The van der Waals surface area contributed by atoms with Gasteiger partial charge in [0.25, 0.3) is 0 Å². The molecule has 128 valence electrons. The summed E-state index contributed by atoms with van der Waals surface area (Å²) in [7, 11) is 1.96. The summed E-state index contributed by atoms with van der Waals surface area (Å²) in [5, 5.41) is 4.32. The number of carbonyl (C=O) groups is 1. The largest absolute Gasteiger partial charge is 0.339 e. The Morgan fingerprint density at radius 2 is 2.17 bits per heavy atom. The molecule has 1 saturated heterocycles. The van der Waals surface area contributed by atoms with E-state index in [1.165, 1.54) is 6.42 Å². The second kappa shape index (κ2) is 8.81. The van der Waals surface area contributed by atoms with Crippen LogP contribution in [0.2, 0.25) is 0 Å². The molecule has 1 amide bonds. The summed E-state index contributed by atoms with van der Waals surface area (Å²) in [5.74, 6) is 0.644. The zero-order valence-electron chi connectivity index (χ0n) is 13.9. The summed E-state index contributed by atoms with van der Waals surface area (Å²) in [6.45, 7) is 2.67. The summed E-state index contributed by atoms with van der Waals surface area (Å²) in [6, 6.07) is 12.0. The Labute approximate surface area is 149 Å². The predicted octanol–water partition coefficient (Wildman–Crippen LogP) is 3.13. The zero-order chi connectivity index (χ0) is 16.1. The number of likely N-dealkylation sites (tertiary alicyclic amines) is 1. The minimum absolute atomic E-state index is 0. The van der Waals surface area contributed by atoms with Crippen molar-refractivity contribution in [3.05, 3.63) is 48.2 Å². The van der Waals surface area contributed by atoms with Crippen molar-refractivity contribution < 1.29 is 4.79 Å². The molecule has 24 heavy (non-hydrogen) atoms. The Bertz CT molecular complexity index is 715. The molecule has 2 heterocycles. The first-order valence-corrected chi connectivity index (χ1v) is 8.23. The number of nitrogens with one attached hydrogen (secondary N) is 1. The lowest BCUT2D eigenvalue weighted by molar-refractivity contribution is -0.127. The van der Waals surface area contributed by atoms with Crippen LogP contribution in [0.1, 0.15) is 18.5 Å². The van der Waals surface area contributed by atoms with Crippen LogP contribution in [0.5, 0.6) is 0 Å². The third kappa shape index (κ3) is 4.56. The molecule has 2 aromatic rings. The Hall–Kier alpha value is -1.91. The highest BCUT2D eigenvalue weighted by Gasteiger charge is 2.21. The average Bonchev–Trinajstić information content (AvgIpc) is 2.60. The highest BCUT2D eigenvalue weighted by molar-refractivity contribution is 5.92. The summed E-state index contributed by atoms with van der Waals surface area (Å²) >= 11 is 0. The van der Waals surface area contributed by atoms with E-state index in [0.29, 0.717) is 5.92 Å². The number of hydrogen-bond acceptors (Lipinski definition) is 3. The van der Waals surface area contributed by atoms with Crippen molar-refractivity contribution >= 4 is 35.3 Å². The first kappa shape index (κ1) is 18.4. The Balaban J connectivity index is 0.00000208. The monoisotopic (exact) mass is 345 g/mol. The van der Waals surface area contributed by atoms with E-state index in [2.05, 4.69) is 10.3 Å². The van der Waals surface area contributed by atoms with Gasteiger partial charge >= 0.3 is 0 Å². The number of para-hydroxylation sites is 1. The molecule has 4 nitrogen and oxygen atoms in total. The number of aromatic nitrogens is 1. The Kier molecular flexibility index (Phi) is 6.76. The van der Waals surface area contributed by atoms with Crippen molar-refractivity contribution in [3.63, 3.8) is 0 Å². The van der Waals surface area contributed by atoms with Crippen LogP contribution in [-0.2, 0) is 4.79 Å². The second-order valence-corrected chi connectivity index (χ2v) is 6.11. The summed E-state index contributed by atoms with van der Waals surface area (Å²) in [4.78, 5) is 18.9. The molecule has 1 atom stereocenters. The summed E-state index contributed by atoms with van der Waals surface area (Å²) < 4.78 is 0. The predicted molar refractivity (Wildman–Crippen MR) is 101 cm³/mol. The zero-order valence-corrected chi connectivity index (χ0v) is 14.8. The van der Waals surface area contributed by atoms with E-state index in [0.717, 1.165) is 42.7 Å². The third-order valence-corrected chi connectivity index (χ3v) is 4.34. The molecule has 1 aliphatic rings. The summed E-state index contributed by atoms with van der Waals surface area (Å²) in [6.07, 6.45) is 5.75. The van der Waals surface area contributed by atoms with Crippen molar-refractivity contribution in [1.29, 1.82) is 0 Å². The van der Waals surface area contributed by atoms with Crippen LogP contribution < -0.4 is 5.32 Å². The molecule has 1 aliphatic heterocycles. The maximum absolute atomic E-state index is 12.4. The molecule has 0 spiro atoms. The van der Waals surface area contributed by atoms with Crippen LogP contribution in [0, 0.1) is 5.92 Å². The number of pyridine rings is 1. The van der Waals surface area contributed by atoms with Gasteiger partial charge < -0.3 is 10.2 Å². The Morgan fingerprint density at radius 1 is 1.33 bits per heavy atom. The van der Waals surface area contributed by atoms with Crippen LogP contribution in [0.25, 0.3) is 17.0 Å². The number of rotatable bonds is 4. The molecule has 0 saturated carbocycles. The molecule has 0 bridgehead atoms. The topological polar surface area (TPSA) is 45.2 Å². The Morgan fingerprint density at radius 3 is 3.00 bits per heavy atom. The minimum atomic E-state index is 0. The number of halogens is 1. The number of fused-ring (bicyclic) bond motifs is 1. The van der Waals surface area contributed by atoms with Crippen molar-refractivity contribution in [2.75, 3.05) is 26.7 Å². The van der Waals surface area contributed by atoms with Gasteiger partial charge in [-0.2, -0.15) is 0 Å². The number of nitrogens with zero attached hydrogens (tertiary/aromatic N) is 2. The van der Waals surface area contributed by atoms with Crippen LogP contribution >= 0.6 is 12.4 Å². The van der Waals surface area contributed by atoms with Crippen molar-refractivity contribution in [3.8, 4) is 0 Å². The van der Waals surface area contributed by atoms with E-state index in [-0.39, 0.29) is 18.3 Å². The molecule has 1 aromatic heterocycles.